The van der Waals surface area contributed by atoms with E-state index in [-0.39, 0.29) is 23.4 Å². The highest BCUT2D eigenvalue weighted by Crippen LogP contribution is 2.03. The van der Waals surface area contributed by atoms with E-state index in [1.807, 2.05) is 39.6 Å². The molecule has 0 aromatic carbocycles. The zero-order valence-corrected chi connectivity index (χ0v) is 11.8. The Hall–Kier alpha value is -1.10. The molecule has 0 aromatic heterocycles. The quantitative estimate of drug-likeness (QED) is 0.733. The summed E-state index contributed by atoms with van der Waals surface area (Å²) in [6.45, 7) is 8.25. The Morgan fingerprint density at radius 3 is 2.24 bits per heavy atom. The molecule has 0 heterocycles. The van der Waals surface area contributed by atoms with E-state index in [1.165, 1.54) is 0 Å². The van der Waals surface area contributed by atoms with Gasteiger partial charge in [0.05, 0.1) is 6.04 Å². The van der Waals surface area contributed by atoms with Gasteiger partial charge in [-0.05, 0) is 34.7 Å². The molecule has 0 aromatic rings. The summed E-state index contributed by atoms with van der Waals surface area (Å²) in [4.78, 5) is 24.8. The predicted molar refractivity (Wildman–Crippen MR) is 68.7 cm³/mol. The highest BCUT2D eigenvalue weighted by Gasteiger charge is 2.22. The van der Waals surface area contributed by atoms with Crippen molar-refractivity contribution >= 4 is 11.8 Å². The summed E-state index contributed by atoms with van der Waals surface area (Å²) in [7, 11) is 3.45. The molecule has 0 aliphatic carbocycles. The first-order valence-corrected chi connectivity index (χ1v) is 5.90. The molecule has 1 atom stereocenters. The van der Waals surface area contributed by atoms with Crippen LogP contribution in [0.5, 0.6) is 0 Å². The molecule has 2 N–H and O–H groups in total. The number of nitrogens with one attached hydrogen (secondary N) is 2. The fourth-order valence-electron chi connectivity index (χ4n) is 1.27. The van der Waals surface area contributed by atoms with Gasteiger partial charge >= 0.3 is 0 Å². The standard InChI is InChI=1S/C12H25N3O2/c1-9(11(17)14-12(2,3)4)15(6)8-7-10(16)13-5/h9H,7-8H2,1-6H3,(H,13,16)(H,14,17)/t9-/m1/s1. The highest BCUT2D eigenvalue weighted by molar-refractivity contribution is 5.82. The van der Waals surface area contributed by atoms with E-state index in [9.17, 15) is 9.59 Å². The fourth-order valence-corrected chi connectivity index (χ4v) is 1.27. The number of carbonyl (C=O) groups is 2. The van der Waals surface area contributed by atoms with Crippen LogP contribution in [0, 0.1) is 0 Å². The molecule has 2 amide bonds. The molecular weight excluding hydrogens is 218 g/mol. The Balaban J connectivity index is 4.16. The molecule has 0 unspecified atom stereocenters. The minimum atomic E-state index is -0.237. The second-order valence-corrected chi connectivity index (χ2v) is 5.32. The first kappa shape index (κ1) is 15.9. The van der Waals surface area contributed by atoms with Crippen molar-refractivity contribution in [2.45, 2.75) is 45.7 Å². The first-order chi connectivity index (χ1) is 7.67. The number of rotatable bonds is 5. The van der Waals surface area contributed by atoms with Crippen LogP contribution in [0.1, 0.15) is 34.1 Å². The Bertz CT molecular complexity index is 271. The second kappa shape index (κ2) is 6.59. The Morgan fingerprint density at radius 1 is 1.29 bits per heavy atom. The zero-order chi connectivity index (χ0) is 13.6. The Morgan fingerprint density at radius 2 is 1.82 bits per heavy atom. The lowest BCUT2D eigenvalue weighted by Crippen LogP contribution is -2.50. The third kappa shape index (κ3) is 6.94. The lowest BCUT2D eigenvalue weighted by atomic mass is 10.1. The van der Waals surface area contributed by atoms with Crippen molar-refractivity contribution in [3.8, 4) is 0 Å². The van der Waals surface area contributed by atoms with Crippen LogP contribution in [0.4, 0.5) is 0 Å². The number of amides is 2. The van der Waals surface area contributed by atoms with Crippen molar-refractivity contribution in [1.29, 1.82) is 0 Å². The molecule has 0 aliphatic heterocycles. The van der Waals surface area contributed by atoms with E-state index in [0.717, 1.165) is 0 Å². The minimum Gasteiger partial charge on any atom is -0.359 e. The van der Waals surface area contributed by atoms with Crippen molar-refractivity contribution in [2.24, 2.45) is 0 Å². The average Bonchev–Trinajstić information content (AvgIpc) is 2.21. The molecule has 0 aliphatic rings. The predicted octanol–water partition coefficient (Wildman–Crippen LogP) is 0.358. The van der Waals surface area contributed by atoms with Crippen LogP contribution in [-0.2, 0) is 9.59 Å². The van der Waals surface area contributed by atoms with Crippen LogP contribution in [0.15, 0.2) is 0 Å². The summed E-state index contributed by atoms with van der Waals surface area (Å²) < 4.78 is 0. The SMILES string of the molecule is CNC(=O)CCN(C)[C@H](C)C(=O)NC(C)(C)C. The molecule has 5 heteroatoms. The van der Waals surface area contributed by atoms with Gasteiger partial charge in [-0.2, -0.15) is 0 Å². The number of hydrogen-bond donors (Lipinski definition) is 2. The number of carbonyl (C=O) groups excluding carboxylic acids is 2. The highest BCUT2D eigenvalue weighted by atomic mass is 16.2. The Labute approximate surface area is 104 Å². The minimum absolute atomic E-state index is 0.0136. The van der Waals surface area contributed by atoms with Crippen LogP contribution in [0.25, 0.3) is 0 Å². The molecule has 0 rings (SSSR count). The maximum absolute atomic E-state index is 11.9. The normalized spacial score (nSPS) is 13.4. The van der Waals surface area contributed by atoms with Gasteiger partial charge in [-0.3, -0.25) is 14.5 Å². The van der Waals surface area contributed by atoms with E-state index >= 15 is 0 Å². The van der Waals surface area contributed by atoms with E-state index < -0.39 is 0 Å². The van der Waals surface area contributed by atoms with Crippen molar-refractivity contribution in [3.05, 3.63) is 0 Å². The third-order valence-electron chi connectivity index (χ3n) is 2.51. The topological polar surface area (TPSA) is 61.4 Å². The van der Waals surface area contributed by atoms with Gasteiger partial charge < -0.3 is 10.6 Å². The summed E-state index contributed by atoms with van der Waals surface area (Å²) in [5.41, 5.74) is -0.229. The molecule has 100 valence electrons. The lowest BCUT2D eigenvalue weighted by molar-refractivity contribution is -0.128. The number of nitrogens with zero attached hydrogens (tertiary/aromatic N) is 1. The smallest absolute Gasteiger partial charge is 0.237 e. The summed E-state index contributed by atoms with van der Waals surface area (Å²) in [6, 6.07) is -0.237. The molecule has 0 saturated heterocycles. The van der Waals surface area contributed by atoms with Crippen LogP contribution >= 0.6 is 0 Å². The molecule has 17 heavy (non-hydrogen) atoms. The molecule has 5 nitrogen and oxygen atoms in total. The summed E-state index contributed by atoms with van der Waals surface area (Å²) in [5.74, 6) is -0.0304. The van der Waals surface area contributed by atoms with Gasteiger partial charge in [-0.25, -0.2) is 0 Å². The molecule has 0 bridgehead atoms. The average molecular weight is 243 g/mol. The van der Waals surface area contributed by atoms with E-state index in [4.69, 9.17) is 0 Å². The van der Waals surface area contributed by atoms with Crippen LogP contribution in [-0.4, -0.2) is 48.9 Å². The van der Waals surface area contributed by atoms with Gasteiger partial charge in [0.25, 0.3) is 0 Å². The van der Waals surface area contributed by atoms with Gasteiger partial charge in [0.15, 0.2) is 0 Å². The van der Waals surface area contributed by atoms with Crippen molar-refractivity contribution in [2.75, 3.05) is 20.6 Å². The lowest BCUT2D eigenvalue weighted by Gasteiger charge is -2.28. The number of hydrogen-bond acceptors (Lipinski definition) is 3. The van der Waals surface area contributed by atoms with Crippen molar-refractivity contribution in [1.82, 2.24) is 15.5 Å². The third-order valence-corrected chi connectivity index (χ3v) is 2.51. The first-order valence-electron chi connectivity index (χ1n) is 5.90. The summed E-state index contributed by atoms with van der Waals surface area (Å²) in [5, 5.41) is 5.48. The maximum atomic E-state index is 11.9. The molecule has 0 saturated carbocycles. The molecule has 0 spiro atoms. The van der Waals surface area contributed by atoms with Gasteiger partial charge in [0.1, 0.15) is 0 Å². The van der Waals surface area contributed by atoms with Gasteiger partial charge in [-0.1, -0.05) is 0 Å². The fraction of sp³-hybridized carbons (Fsp3) is 0.833. The zero-order valence-electron chi connectivity index (χ0n) is 11.8. The number of likely N-dealkylation sites (N-methyl/N-ethyl adjacent to an activating group) is 1. The largest absolute Gasteiger partial charge is 0.359 e. The summed E-state index contributed by atoms with van der Waals surface area (Å²) >= 11 is 0. The van der Waals surface area contributed by atoms with E-state index in [1.54, 1.807) is 7.05 Å². The second-order valence-electron chi connectivity index (χ2n) is 5.32. The van der Waals surface area contributed by atoms with Gasteiger partial charge in [0, 0.05) is 25.6 Å². The summed E-state index contributed by atoms with van der Waals surface area (Å²) in [6.07, 6.45) is 0.403. The van der Waals surface area contributed by atoms with Crippen LogP contribution in [0.3, 0.4) is 0 Å². The van der Waals surface area contributed by atoms with Crippen LogP contribution < -0.4 is 10.6 Å². The van der Waals surface area contributed by atoms with Crippen molar-refractivity contribution in [3.63, 3.8) is 0 Å². The molecule has 0 radical (unpaired) electrons. The van der Waals surface area contributed by atoms with Gasteiger partial charge in [0.2, 0.25) is 11.8 Å². The maximum Gasteiger partial charge on any atom is 0.237 e. The van der Waals surface area contributed by atoms with E-state index in [0.29, 0.717) is 13.0 Å². The van der Waals surface area contributed by atoms with E-state index in [2.05, 4.69) is 10.6 Å². The van der Waals surface area contributed by atoms with Crippen molar-refractivity contribution < 1.29 is 9.59 Å². The van der Waals surface area contributed by atoms with Gasteiger partial charge in [-0.15, -0.1) is 0 Å². The molecule has 0 fully saturated rings. The monoisotopic (exact) mass is 243 g/mol. The Kier molecular flexibility index (Phi) is 6.16. The molecular formula is C12H25N3O2. The van der Waals surface area contributed by atoms with Crippen LogP contribution in [0.2, 0.25) is 0 Å².